The average molecular weight is 848 g/mol. The molecule has 3 aromatic carbocycles. The van der Waals surface area contributed by atoms with Crippen LogP contribution in [0.4, 0.5) is 15.3 Å². The SMILES string of the molecule is CC(C)c1ccc(N2[C@H](C3CCCN3[C@@]3(C(=O)NC(=O)O)c4ccc(cc4)C3(C)CC(N)=O)CC[C@H]2C2CCCN2[C@@]2(C(=O)NC(=O)O)c3ccc(cc3)C2(C)CC(N)=O)cc1. The maximum absolute atomic E-state index is 14.8. The number of carbonyl (C=O) groups excluding carboxylic acids is 4. The lowest BCUT2D eigenvalue weighted by Gasteiger charge is -2.58. The van der Waals surface area contributed by atoms with Gasteiger partial charge in [0.1, 0.15) is 11.1 Å². The lowest BCUT2D eigenvalue weighted by molar-refractivity contribution is -0.144. The van der Waals surface area contributed by atoms with Crippen molar-refractivity contribution in [3.8, 4) is 0 Å². The molecule has 0 aromatic heterocycles. The van der Waals surface area contributed by atoms with E-state index >= 15 is 0 Å². The van der Waals surface area contributed by atoms with Crippen molar-refractivity contribution in [2.24, 2.45) is 11.5 Å². The van der Waals surface area contributed by atoms with Crippen LogP contribution in [0.25, 0.3) is 0 Å². The summed E-state index contributed by atoms with van der Waals surface area (Å²) in [6.07, 6.45) is 0.684. The van der Waals surface area contributed by atoms with E-state index in [1.807, 2.05) is 62.4 Å². The maximum Gasteiger partial charge on any atom is 0.411 e. The highest BCUT2D eigenvalue weighted by molar-refractivity contribution is 6.01. The smallest absolute Gasteiger partial charge is 0.411 e. The summed E-state index contributed by atoms with van der Waals surface area (Å²) in [5.41, 5.74) is 10.9. The summed E-state index contributed by atoms with van der Waals surface area (Å²) in [5, 5.41) is 24.5. The van der Waals surface area contributed by atoms with E-state index in [0.29, 0.717) is 73.9 Å². The molecule has 15 heteroatoms. The third kappa shape index (κ3) is 6.21. The molecule has 10 rings (SSSR count). The van der Waals surface area contributed by atoms with E-state index in [4.69, 9.17) is 11.5 Å². The Bertz CT molecular complexity index is 2170. The first kappa shape index (κ1) is 42.9. The molecule has 4 unspecified atom stereocenters. The predicted octanol–water partition coefficient (Wildman–Crippen LogP) is 4.75. The van der Waals surface area contributed by atoms with Crippen molar-refractivity contribution in [3.05, 3.63) is 101 Å². The van der Waals surface area contributed by atoms with E-state index < -0.39 is 57.7 Å². The third-order valence-corrected chi connectivity index (χ3v) is 15.3. The molecule has 4 aliphatic carbocycles. The number of anilines is 1. The molecule has 3 saturated heterocycles. The second kappa shape index (κ2) is 15.5. The summed E-state index contributed by atoms with van der Waals surface area (Å²) in [6, 6.07) is 22.2. The fourth-order valence-electron chi connectivity index (χ4n) is 13.0. The number of hydrogen-bond acceptors (Lipinski definition) is 9. The van der Waals surface area contributed by atoms with Gasteiger partial charge in [-0.05, 0) is 97.5 Å². The van der Waals surface area contributed by atoms with Gasteiger partial charge in [0.05, 0.1) is 0 Å². The van der Waals surface area contributed by atoms with Crippen LogP contribution in [0.1, 0.15) is 113 Å². The number of carbonyl (C=O) groups is 6. The monoisotopic (exact) mass is 847 g/mol. The molecular weight excluding hydrogens is 791 g/mol. The van der Waals surface area contributed by atoms with Crippen LogP contribution in [0.5, 0.6) is 0 Å². The molecule has 4 bridgehead atoms. The van der Waals surface area contributed by atoms with Crippen LogP contribution in [0.15, 0.2) is 72.8 Å². The average Bonchev–Trinajstić information content (AvgIpc) is 3.98. The van der Waals surface area contributed by atoms with Crippen LogP contribution in [0, 0.1) is 0 Å². The van der Waals surface area contributed by atoms with Gasteiger partial charge in [-0.3, -0.25) is 39.6 Å². The Morgan fingerprint density at radius 2 is 0.968 bits per heavy atom. The van der Waals surface area contributed by atoms with Gasteiger partial charge >= 0.3 is 12.2 Å². The number of rotatable bonds is 12. The first-order chi connectivity index (χ1) is 29.4. The number of nitrogens with zero attached hydrogens (tertiary/aromatic N) is 3. The molecule has 3 aromatic rings. The molecule has 0 saturated carbocycles. The molecule has 62 heavy (non-hydrogen) atoms. The molecule has 7 aliphatic rings. The minimum absolute atomic E-state index is 0.202. The minimum atomic E-state index is -1.60. The Morgan fingerprint density at radius 3 is 1.31 bits per heavy atom. The van der Waals surface area contributed by atoms with Crippen LogP contribution in [-0.4, -0.2) is 93.1 Å². The number of imide groups is 2. The molecule has 3 aliphatic heterocycles. The van der Waals surface area contributed by atoms with Gasteiger partial charge in [-0.15, -0.1) is 0 Å². The Morgan fingerprint density at radius 1 is 0.597 bits per heavy atom. The molecule has 15 nitrogen and oxygen atoms in total. The number of fused-ring (bicyclic) bond motifs is 6. The number of nitrogens with two attached hydrogens (primary N) is 2. The number of carboxylic acid groups (broad SMARTS) is 2. The highest BCUT2D eigenvalue weighted by Crippen LogP contribution is 2.58. The number of primary amides is 2. The van der Waals surface area contributed by atoms with Gasteiger partial charge in [-0.1, -0.05) is 88.4 Å². The summed E-state index contributed by atoms with van der Waals surface area (Å²) in [5.74, 6) is -2.45. The van der Waals surface area contributed by atoms with Crippen LogP contribution < -0.4 is 27.0 Å². The van der Waals surface area contributed by atoms with Gasteiger partial charge in [-0.2, -0.15) is 0 Å². The number of nitrogens with one attached hydrogen (secondary N) is 2. The van der Waals surface area contributed by atoms with Gasteiger partial charge in [0.2, 0.25) is 11.8 Å². The number of benzene rings is 3. The van der Waals surface area contributed by atoms with Gasteiger partial charge in [0.15, 0.2) is 0 Å². The lowest BCUT2D eigenvalue weighted by atomic mass is 9.56. The van der Waals surface area contributed by atoms with Crippen molar-refractivity contribution in [2.75, 3.05) is 18.0 Å². The van der Waals surface area contributed by atoms with Crippen molar-refractivity contribution >= 4 is 41.5 Å². The van der Waals surface area contributed by atoms with E-state index in [1.165, 1.54) is 0 Å². The minimum Gasteiger partial charge on any atom is -0.465 e. The number of likely N-dealkylation sites (tertiary alicyclic amines) is 2. The molecule has 8 N–H and O–H groups in total. The molecule has 3 fully saturated rings. The molecule has 6 amide bonds. The van der Waals surface area contributed by atoms with E-state index in [9.17, 15) is 39.0 Å². The zero-order valence-corrected chi connectivity index (χ0v) is 35.7. The molecule has 0 spiro atoms. The van der Waals surface area contributed by atoms with Crippen LogP contribution in [-0.2, 0) is 41.1 Å². The Labute approximate surface area is 361 Å². The highest BCUT2D eigenvalue weighted by atomic mass is 16.4. The van der Waals surface area contributed by atoms with Crippen LogP contribution in [0.3, 0.4) is 0 Å². The predicted molar refractivity (Wildman–Crippen MR) is 230 cm³/mol. The zero-order valence-electron chi connectivity index (χ0n) is 35.7. The summed E-state index contributed by atoms with van der Waals surface area (Å²) in [7, 11) is 0. The van der Waals surface area contributed by atoms with E-state index in [-0.39, 0.29) is 42.9 Å². The fraction of sp³-hybridized carbons (Fsp3) is 0.489. The van der Waals surface area contributed by atoms with Gasteiger partial charge < -0.3 is 26.6 Å². The van der Waals surface area contributed by atoms with Gasteiger partial charge in [0.25, 0.3) is 11.8 Å². The molecule has 8 atom stereocenters. The number of amides is 6. The fourth-order valence-corrected chi connectivity index (χ4v) is 13.0. The topological polar surface area (TPSA) is 229 Å². The normalized spacial score (nSPS) is 31.4. The maximum atomic E-state index is 14.8. The Hall–Kier alpha value is -5.80. The summed E-state index contributed by atoms with van der Waals surface area (Å²) >= 11 is 0. The Kier molecular flexibility index (Phi) is 10.7. The molecular formula is C47H57N7O8. The quantitative estimate of drug-likeness (QED) is 0.146. The third-order valence-electron chi connectivity index (χ3n) is 15.3. The Balaban J connectivity index is 1.28. The first-order valence-electron chi connectivity index (χ1n) is 21.7. The molecule has 0 radical (unpaired) electrons. The second-order valence-corrected chi connectivity index (χ2v) is 18.7. The van der Waals surface area contributed by atoms with Crippen molar-refractivity contribution in [1.29, 1.82) is 0 Å². The van der Waals surface area contributed by atoms with Crippen LogP contribution >= 0.6 is 0 Å². The molecule has 3 heterocycles. The van der Waals surface area contributed by atoms with Gasteiger partial charge in [-0.25, -0.2) is 9.59 Å². The standard InChI is InChI=1S/C47H57N7O8/c1-27(2)28-9-19-33(20-10-28)54-36(34-7-5-23-52(34)46(40(57)50-42(59)60)31-15-11-29(12-16-31)44(46,3)25-38(48)55)21-22-37(54)35-8-6-24-53(35)47(41(58)51-43(61)62)32-17-13-30(14-18-32)45(47,4)26-39(49)56/h9-20,27,34-37H,5-8,21-26H2,1-4H3,(H2,48,55)(H2,49,56)(H,50,57)(H,51,58)(H,59,60)(H,61,62)/t34?,35?,36-,37-,44?,45?,46+,47+/m0/s1. The van der Waals surface area contributed by atoms with Gasteiger partial charge in [0, 0.05) is 53.5 Å². The molecule has 328 valence electrons. The van der Waals surface area contributed by atoms with E-state index in [2.05, 4.69) is 63.4 Å². The van der Waals surface area contributed by atoms with Crippen molar-refractivity contribution < 1.29 is 39.0 Å². The van der Waals surface area contributed by atoms with Crippen molar-refractivity contribution in [2.45, 2.75) is 131 Å². The van der Waals surface area contributed by atoms with E-state index in [1.54, 1.807) is 0 Å². The number of hydrogen-bond donors (Lipinski definition) is 6. The highest BCUT2D eigenvalue weighted by Gasteiger charge is 2.67. The van der Waals surface area contributed by atoms with Crippen LogP contribution in [0.2, 0.25) is 0 Å². The largest absolute Gasteiger partial charge is 0.465 e. The lowest BCUT2D eigenvalue weighted by Crippen LogP contribution is -2.72. The second-order valence-electron chi connectivity index (χ2n) is 18.7. The zero-order chi connectivity index (χ0) is 44.5. The van der Waals surface area contributed by atoms with Crippen molar-refractivity contribution in [3.63, 3.8) is 0 Å². The summed E-state index contributed by atoms with van der Waals surface area (Å²) in [4.78, 5) is 87.0. The van der Waals surface area contributed by atoms with E-state index in [0.717, 1.165) is 11.3 Å². The first-order valence-corrected chi connectivity index (χ1v) is 21.7. The summed E-state index contributed by atoms with van der Waals surface area (Å²) < 4.78 is 0. The summed E-state index contributed by atoms with van der Waals surface area (Å²) in [6.45, 7) is 8.81. The van der Waals surface area contributed by atoms with Crippen molar-refractivity contribution in [1.82, 2.24) is 20.4 Å².